The molecule has 6 nitrogen and oxygen atoms in total. The molecule has 0 aliphatic rings. The van der Waals surface area contributed by atoms with E-state index in [4.69, 9.17) is 0 Å². The maximum Gasteiger partial charge on any atom is 0.243 e. The van der Waals surface area contributed by atoms with Crippen molar-refractivity contribution in [2.75, 3.05) is 28.6 Å². The molecule has 1 amide bonds. The normalized spacial score (nSPS) is 12.3. The molecule has 1 atom stereocenters. The number of aryl methyl sites for hydroxylation is 1. The van der Waals surface area contributed by atoms with E-state index in [1.807, 2.05) is 43.3 Å². The van der Waals surface area contributed by atoms with Gasteiger partial charge in [-0.3, -0.25) is 9.10 Å². The van der Waals surface area contributed by atoms with Gasteiger partial charge in [0.1, 0.15) is 6.04 Å². The van der Waals surface area contributed by atoms with Gasteiger partial charge in [-0.25, -0.2) is 8.42 Å². The van der Waals surface area contributed by atoms with Crippen LogP contribution < -0.4 is 14.5 Å². The number of benzene rings is 2. The van der Waals surface area contributed by atoms with E-state index in [1.54, 1.807) is 19.1 Å². The predicted molar refractivity (Wildman–Crippen MR) is 120 cm³/mol. The van der Waals surface area contributed by atoms with Crippen molar-refractivity contribution in [2.24, 2.45) is 0 Å². The summed E-state index contributed by atoms with van der Waals surface area (Å²) >= 11 is 0. The maximum atomic E-state index is 12.7. The molecule has 7 heteroatoms. The van der Waals surface area contributed by atoms with E-state index in [0.29, 0.717) is 12.2 Å². The molecule has 0 bridgehead atoms. The molecule has 0 aliphatic carbocycles. The quantitative estimate of drug-likeness (QED) is 0.680. The van der Waals surface area contributed by atoms with Crippen LogP contribution in [0.4, 0.5) is 11.4 Å². The number of carbonyl (C=O) groups is 1. The van der Waals surface area contributed by atoms with Gasteiger partial charge in [-0.1, -0.05) is 29.8 Å². The van der Waals surface area contributed by atoms with Crippen molar-refractivity contribution in [3.8, 4) is 0 Å². The fourth-order valence-electron chi connectivity index (χ4n) is 3.25. The molecule has 1 N–H and O–H groups in total. The second-order valence-electron chi connectivity index (χ2n) is 7.13. The lowest BCUT2D eigenvalue weighted by molar-refractivity contribution is -0.122. The van der Waals surface area contributed by atoms with Gasteiger partial charge in [0.25, 0.3) is 0 Å². The first-order valence-electron chi connectivity index (χ1n) is 9.85. The second-order valence-corrected chi connectivity index (χ2v) is 8.99. The third kappa shape index (κ3) is 5.97. The third-order valence-electron chi connectivity index (χ3n) is 4.91. The lowest BCUT2D eigenvalue weighted by atomic mass is 10.1. The highest BCUT2D eigenvalue weighted by molar-refractivity contribution is 7.92. The minimum absolute atomic E-state index is 0.340. The molecule has 29 heavy (non-hydrogen) atoms. The van der Waals surface area contributed by atoms with Crippen molar-refractivity contribution in [3.05, 3.63) is 59.7 Å². The first-order valence-corrected chi connectivity index (χ1v) is 11.7. The molecule has 0 aliphatic heterocycles. The lowest BCUT2D eigenvalue weighted by Gasteiger charge is -2.28. The molecule has 2 aromatic carbocycles. The van der Waals surface area contributed by atoms with Gasteiger partial charge >= 0.3 is 0 Å². The highest BCUT2D eigenvalue weighted by Crippen LogP contribution is 2.21. The summed E-state index contributed by atoms with van der Waals surface area (Å²) in [6, 6.07) is 14.3. The molecular weight excluding hydrogens is 386 g/mol. The molecule has 0 heterocycles. The van der Waals surface area contributed by atoms with Crippen LogP contribution in [0.5, 0.6) is 0 Å². The number of hydrogen-bond acceptors (Lipinski definition) is 4. The van der Waals surface area contributed by atoms with E-state index < -0.39 is 16.1 Å². The first kappa shape index (κ1) is 22.7. The van der Waals surface area contributed by atoms with Crippen LogP contribution >= 0.6 is 0 Å². The molecule has 0 radical (unpaired) electrons. The molecule has 0 saturated heterocycles. The molecule has 0 unspecified atom stereocenters. The average molecular weight is 418 g/mol. The molecule has 0 fully saturated rings. The largest absolute Gasteiger partial charge is 0.372 e. The fraction of sp³-hybridized carbons (Fsp3) is 0.409. The number of sulfonamides is 1. The summed E-state index contributed by atoms with van der Waals surface area (Å²) in [6.45, 7) is 9.96. The lowest BCUT2D eigenvalue weighted by Crippen LogP contribution is -2.47. The predicted octanol–water partition coefficient (Wildman–Crippen LogP) is 3.31. The molecule has 0 aromatic heterocycles. The number of nitrogens with zero attached hydrogens (tertiary/aromatic N) is 2. The zero-order valence-electron chi connectivity index (χ0n) is 17.8. The van der Waals surface area contributed by atoms with E-state index in [0.717, 1.165) is 40.5 Å². The Balaban J connectivity index is 2.09. The van der Waals surface area contributed by atoms with Gasteiger partial charge in [0.05, 0.1) is 11.9 Å². The van der Waals surface area contributed by atoms with E-state index in [2.05, 4.69) is 24.1 Å². The molecular formula is C22H31N3O3S. The number of nitrogens with one attached hydrogen (secondary N) is 1. The summed E-state index contributed by atoms with van der Waals surface area (Å²) in [5, 5.41) is 2.85. The summed E-state index contributed by atoms with van der Waals surface area (Å²) < 4.78 is 25.8. The van der Waals surface area contributed by atoms with Gasteiger partial charge in [-0.15, -0.1) is 0 Å². The van der Waals surface area contributed by atoms with E-state index >= 15 is 0 Å². The third-order valence-corrected chi connectivity index (χ3v) is 6.15. The van der Waals surface area contributed by atoms with Crippen molar-refractivity contribution < 1.29 is 13.2 Å². The summed E-state index contributed by atoms with van der Waals surface area (Å²) in [6.07, 6.45) is 1.11. The van der Waals surface area contributed by atoms with Crippen LogP contribution in [0.15, 0.2) is 48.5 Å². The Labute approximate surface area is 174 Å². The van der Waals surface area contributed by atoms with Crippen LogP contribution in [0.3, 0.4) is 0 Å². The average Bonchev–Trinajstić information content (AvgIpc) is 2.68. The molecule has 158 valence electrons. The van der Waals surface area contributed by atoms with Gasteiger partial charge in [0, 0.05) is 25.3 Å². The van der Waals surface area contributed by atoms with Crippen LogP contribution in [-0.4, -0.2) is 39.7 Å². The Bertz CT molecular complexity index is 905. The topological polar surface area (TPSA) is 69.7 Å². The SMILES string of the molecule is CCN(CC)c1ccc(CNC(=O)[C@H](C)N(c2ccc(C)cc2)S(C)(=O)=O)cc1. The van der Waals surface area contributed by atoms with Crippen molar-refractivity contribution >= 4 is 27.3 Å². The van der Waals surface area contributed by atoms with Gasteiger partial charge in [0.2, 0.25) is 15.9 Å². The van der Waals surface area contributed by atoms with Crippen molar-refractivity contribution in [1.29, 1.82) is 0 Å². The smallest absolute Gasteiger partial charge is 0.243 e. The second kappa shape index (κ2) is 9.78. The Morgan fingerprint density at radius 1 is 0.966 bits per heavy atom. The Kier molecular flexibility index (Phi) is 7.67. The highest BCUT2D eigenvalue weighted by atomic mass is 32.2. The van der Waals surface area contributed by atoms with Crippen LogP contribution in [0.25, 0.3) is 0 Å². The summed E-state index contributed by atoms with van der Waals surface area (Å²) in [5.41, 5.74) is 3.60. The summed E-state index contributed by atoms with van der Waals surface area (Å²) in [7, 11) is -3.61. The van der Waals surface area contributed by atoms with Crippen molar-refractivity contribution in [1.82, 2.24) is 5.32 Å². The summed E-state index contributed by atoms with van der Waals surface area (Å²) in [5.74, 6) is -0.344. The van der Waals surface area contributed by atoms with Crippen LogP contribution in [0, 0.1) is 6.92 Å². The van der Waals surface area contributed by atoms with Gasteiger partial charge in [0.15, 0.2) is 0 Å². The van der Waals surface area contributed by atoms with Gasteiger partial charge in [-0.05, 0) is 57.5 Å². The van der Waals surface area contributed by atoms with E-state index in [-0.39, 0.29) is 5.91 Å². The highest BCUT2D eigenvalue weighted by Gasteiger charge is 2.28. The maximum absolute atomic E-state index is 12.7. The zero-order valence-corrected chi connectivity index (χ0v) is 18.7. The monoisotopic (exact) mass is 417 g/mol. The van der Waals surface area contributed by atoms with Crippen molar-refractivity contribution in [2.45, 2.75) is 40.3 Å². The van der Waals surface area contributed by atoms with E-state index in [9.17, 15) is 13.2 Å². The Hall–Kier alpha value is -2.54. The molecule has 2 rings (SSSR count). The number of rotatable bonds is 9. The minimum Gasteiger partial charge on any atom is -0.372 e. The Morgan fingerprint density at radius 2 is 1.48 bits per heavy atom. The molecule has 2 aromatic rings. The Morgan fingerprint density at radius 3 is 1.97 bits per heavy atom. The fourth-order valence-corrected chi connectivity index (χ4v) is 4.43. The number of carbonyl (C=O) groups excluding carboxylic acids is 1. The standard InChI is InChI=1S/C22H31N3O3S/c1-6-24(7-2)20-14-10-19(11-15-20)16-23-22(26)18(4)25(29(5,27)28)21-12-8-17(3)9-13-21/h8-15,18H,6-7,16H2,1-5H3,(H,23,26)/t18-/m0/s1. The molecule has 0 spiro atoms. The van der Waals surface area contributed by atoms with Gasteiger partial charge in [-0.2, -0.15) is 0 Å². The zero-order chi connectivity index (χ0) is 21.6. The number of anilines is 2. The van der Waals surface area contributed by atoms with Crippen LogP contribution in [-0.2, 0) is 21.4 Å². The number of amides is 1. The van der Waals surface area contributed by atoms with Crippen LogP contribution in [0.2, 0.25) is 0 Å². The van der Waals surface area contributed by atoms with Crippen LogP contribution in [0.1, 0.15) is 31.9 Å². The number of hydrogen-bond donors (Lipinski definition) is 1. The first-order chi connectivity index (χ1) is 13.7. The van der Waals surface area contributed by atoms with Gasteiger partial charge < -0.3 is 10.2 Å². The summed E-state index contributed by atoms with van der Waals surface area (Å²) in [4.78, 5) is 14.9. The van der Waals surface area contributed by atoms with E-state index in [1.165, 1.54) is 0 Å². The molecule has 0 saturated carbocycles. The van der Waals surface area contributed by atoms with Crippen molar-refractivity contribution in [3.63, 3.8) is 0 Å². The minimum atomic E-state index is -3.61.